The van der Waals surface area contributed by atoms with E-state index in [-0.39, 0.29) is 6.04 Å². The fourth-order valence-electron chi connectivity index (χ4n) is 3.37. The molecular formula is C20H23NO2S2. The van der Waals surface area contributed by atoms with Crippen LogP contribution in [0.5, 0.6) is 0 Å². The van der Waals surface area contributed by atoms with Crippen LogP contribution in [0.15, 0.2) is 65.6 Å². The third kappa shape index (κ3) is 4.28. The van der Waals surface area contributed by atoms with Gasteiger partial charge in [0.25, 0.3) is 0 Å². The van der Waals surface area contributed by atoms with Crippen molar-refractivity contribution in [2.75, 3.05) is 0 Å². The summed E-state index contributed by atoms with van der Waals surface area (Å²) in [6.45, 7) is 0. The average molecular weight is 374 g/mol. The Kier molecular flexibility index (Phi) is 5.86. The Balaban J connectivity index is 1.94. The maximum absolute atomic E-state index is 13.3. The van der Waals surface area contributed by atoms with E-state index in [2.05, 4.69) is 5.32 Å². The standard InChI is InChI=1S/C20H23NO2S2/c22-25(23,18-14-8-3-9-15-18)19(16-10-4-1-5-11-16)20(24)21-17-12-6-2-7-13-17/h1,3-5,8-11,14-15,17,19H,2,6-7,12-13H2,(H,21,24). The molecule has 1 unspecified atom stereocenters. The molecule has 0 aromatic heterocycles. The number of rotatable bonds is 5. The molecule has 0 amide bonds. The largest absolute Gasteiger partial charge is 0.376 e. The summed E-state index contributed by atoms with van der Waals surface area (Å²) in [5.74, 6) is 0. The molecule has 25 heavy (non-hydrogen) atoms. The monoisotopic (exact) mass is 373 g/mol. The lowest BCUT2D eigenvalue weighted by Gasteiger charge is -2.27. The summed E-state index contributed by atoms with van der Waals surface area (Å²) in [7, 11) is -3.61. The summed E-state index contributed by atoms with van der Waals surface area (Å²) in [6, 6.07) is 18.1. The SMILES string of the molecule is O=S(=O)(c1ccccc1)C(C(=S)NC1CCCCC1)c1ccccc1. The Morgan fingerprint density at radius 1 is 0.920 bits per heavy atom. The second-order valence-corrected chi connectivity index (χ2v) is 8.96. The molecule has 132 valence electrons. The van der Waals surface area contributed by atoms with E-state index in [0.717, 1.165) is 12.8 Å². The van der Waals surface area contributed by atoms with Crippen LogP contribution >= 0.6 is 12.2 Å². The van der Waals surface area contributed by atoms with Crippen LogP contribution in [-0.4, -0.2) is 19.4 Å². The Bertz CT molecular complexity index is 798. The van der Waals surface area contributed by atoms with Gasteiger partial charge in [0, 0.05) is 6.04 Å². The number of thiocarbonyl (C=S) groups is 1. The van der Waals surface area contributed by atoms with Gasteiger partial charge in [0.05, 0.1) is 9.88 Å². The molecular weight excluding hydrogens is 350 g/mol. The van der Waals surface area contributed by atoms with Gasteiger partial charge >= 0.3 is 0 Å². The second kappa shape index (κ2) is 8.11. The minimum Gasteiger partial charge on any atom is -0.376 e. The third-order valence-corrected chi connectivity index (χ3v) is 7.23. The molecule has 2 aromatic carbocycles. The molecule has 1 saturated carbocycles. The normalized spacial score (nSPS) is 17.0. The number of hydrogen-bond acceptors (Lipinski definition) is 3. The Morgan fingerprint density at radius 2 is 1.48 bits per heavy atom. The van der Waals surface area contributed by atoms with E-state index in [9.17, 15) is 8.42 Å². The fourth-order valence-corrected chi connectivity index (χ4v) is 5.73. The van der Waals surface area contributed by atoms with Crippen LogP contribution in [0.2, 0.25) is 0 Å². The van der Waals surface area contributed by atoms with Crippen LogP contribution in [0.4, 0.5) is 0 Å². The first-order valence-electron chi connectivity index (χ1n) is 8.73. The molecule has 1 atom stereocenters. The first-order chi connectivity index (χ1) is 12.1. The van der Waals surface area contributed by atoms with Crippen molar-refractivity contribution in [3.8, 4) is 0 Å². The number of nitrogens with one attached hydrogen (secondary N) is 1. The van der Waals surface area contributed by atoms with E-state index in [4.69, 9.17) is 12.2 Å². The van der Waals surface area contributed by atoms with Crippen molar-refractivity contribution in [1.29, 1.82) is 0 Å². The molecule has 0 radical (unpaired) electrons. The highest BCUT2D eigenvalue weighted by atomic mass is 32.2. The lowest BCUT2D eigenvalue weighted by molar-refractivity contribution is 0.413. The van der Waals surface area contributed by atoms with Crippen LogP contribution in [0.1, 0.15) is 42.9 Å². The van der Waals surface area contributed by atoms with E-state index in [1.807, 2.05) is 36.4 Å². The van der Waals surface area contributed by atoms with Crippen LogP contribution in [0, 0.1) is 0 Å². The lowest BCUT2D eigenvalue weighted by Crippen LogP contribution is -2.40. The zero-order valence-corrected chi connectivity index (χ0v) is 15.7. The molecule has 0 saturated heterocycles. The van der Waals surface area contributed by atoms with Crippen LogP contribution in [0.3, 0.4) is 0 Å². The van der Waals surface area contributed by atoms with Gasteiger partial charge in [-0.25, -0.2) is 8.42 Å². The summed E-state index contributed by atoms with van der Waals surface area (Å²) in [6.07, 6.45) is 5.68. The second-order valence-electron chi connectivity index (χ2n) is 6.49. The maximum Gasteiger partial charge on any atom is 0.191 e. The molecule has 1 fully saturated rings. The summed E-state index contributed by atoms with van der Waals surface area (Å²) in [4.78, 5) is 0.707. The van der Waals surface area contributed by atoms with E-state index < -0.39 is 15.1 Å². The van der Waals surface area contributed by atoms with Gasteiger partial charge in [-0.05, 0) is 30.5 Å². The summed E-state index contributed by atoms with van der Waals surface area (Å²) >= 11 is 5.60. The van der Waals surface area contributed by atoms with Gasteiger partial charge in [-0.3, -0.25) is 0 Å². The van der Waals surface area contributed by atoms with Gasteiger partial charge in [-0.2, -0.15) is 0 Å². The van der Waals surface area contributed by atoms with E-state index >= 15 is 0 Å². The molecule has 1 aliphatic carbocycles. The molecule has 3 rings (SSSR count). The van der Waals surface area contributed by atoms with Gasteiger partial charge in [0.15, 0.2) is 9.84 Å². The zero-order valence-electron chi connectivity index (χ0n) is 14.1. The molecule has 5 heteroatoms. The minimum absolute atomic E-state index is 0.276. The summed E-state index contributed by atoms with van der Waals surface area (Å²) in [5, 5.41) is 2.49. The van der Waals surface area contributed by atoms with Crippen molar-refractivity contribution in [1.82, 2.24) is 5.32 Å². The highest BCUT2D eigenvalue weighted by Gasteiger charge is 2.33. The van der Waals surface area contributed by atoms with Gasteiger partial charge in [-0.15, -0.1) is 0 Å². The lowest BCUT2D eigenvalue weighted by atomic mass is 9.95. The first kappa shape index (κ1) is 18.1. The topological polar surface area (TPSA) is 46.2 Å². The third-order valence-electron chi connectivity index (χ3n) is 4.67. The number of benzene rings is 2. The van der Waals surface area contributed by atoms with Crippen molar-refractivity contribution in [2.45, 2.75) is 48.3 Å². The van der Waals surface area contributed by atoms with Gasteiger partial charge in [0.1, 0.15) is 5.25 Å². The molecule has 2 aromatic rings. The summed E-state index contributed by atoms with van der Waals surface area (Å²) < 4.78 is 26.6. The Labute approximate surface area is 155 Å². The molecule has 1 N–H and O–H groups in total. The van der Waals surface area contributed by atoms with E-state index in [1.165, 1.54) is 19.3 Å². The fraction of sp³-hybridized carbons (Fsp3) is 0.350. The highest BCUT2D eigenvalue weighted by molar-refractivity contribution is 7.94. The molecule has 0 spiro atoms. The van der Waals surface area contributed by atoms with Crippen molar-refractivity contribution in [3.63, 3.8) is 0 Å². The number of hydrogen-bond donors (Lipinski definition) is 1. The van der Waals surface area contributed by atoms with Crippen LogP contribution in [-0.2, 0) is 9.84 Å². The van der Waals surface area contributed by atoms with Gasteiger partial charge < -0.3 is 5.32 Å². The Hall–Kier alpha value is -1.72. The molecule has 3 nitrogen and oxygen atoms in total. The molecule has 0 aliphatic heterocycles. The van der Waals surface area contributed by atoms with Crippen molar-refractivity contribution < 1.29 is 8.42 Å². The predicted molar refractivity (Wildman–Crippen MR) is 105 cm³/mol. The molecule has 0 heterocycles. The van der Waals surface area contributed by atoms with Gasteiger partial charge in [-0.1, -0.05) is 80.0 Å². The van der Waals surface area contributed by atoms with E-state index in [0.29, 0.717) is 15.4 Å². The van der Waals surface area contributed by atoms with Crippen LogP contribution < -0.4 is 5.32 Å². The molecule has 1 aliphatic rings. The van der Waals surface area contributed by atoms with Crippen molar-refractivity contribution in [3.05, 3.63) is 66.2 Å². The average Bonchev–Trinajstić information content (AvgIpc) is 2.64. The molecule has 0 bridgehead atoms. The van der Waals surface area contributed by atoms with Crippen molar-refractivity contribution in [2.24, 2.45) is 0 Å². The maximum atomic E-state index is 13.3. The quantitative estimate of drug-likeness (QED) is 0.787. The smallest absolute Gasteiger partial charge is 0.191 e. The minimum atomic E-state index is -3.61. The highest BCUT2D eigenvalue weighted by Crippen LogP contribution is 2.30. The van der Waals surface area contributed by atoms with Crippen LogP contribution in [0.25, 0.3) is 0 Å². The predicted octanol–water partition coefficient (Wildman–Crippen LogP) is 4.45. The van der Waals surface area contributed by atoms with Crippen molar-refractivity contribution >= 4 is 27.0 Å². The summed E-state index contributed by atoms with van der Waals surface area (Å²) in [5.41, 5.74) is 0.708. The zero-order chi connectivity index (χ0) is 17.7. The Morgan fingerprint density at radius 3 is 2.08 bits per heavy atom. The van der Waals surface area contributed by atoms with E-state index in [1.54, 1.807) is 24.3 Å². The first-order valence-corrected chi connectivity index (χ1v) is 10.7. The number of sulfone groups is 1. The van der Waals surface area contributed by atoms with Gasteiger partial charge in [0.2, 0.25) is 0 Å².